The van der Waals surface area contributed by atoms with Crippen molar-refractivity contribution in [3.63, 3.8) is 0 Å². The lowest BCUT2D eigenvalue weighted by atomic mass is 10.2. The Morgan fingerprint density at radius 2 is 2.06 bits per heavy atom. The van der Waals surface area contributed by atoms with Crippen LogP contribution in [-0.4, -0.2) is 5.91 Å². The van der Waals surface area contributed by atoms with Gasteiger partial charge in [0.15, 0.2) is 0 Å². The highest BCUT2D eigenvalue weighted by Gasteiger charge is 1.94. The summed E-state index contributed by atoms with van der Waals surface area (Å²) >= 11 is 0. The van der Waals surface area contributed by atoms with Gasteiger partial charge in [0.05, 0.1) is 0 Å². The molecule has 0 bridgehead atoms. The molecule has 0 unspecified atom stereocenters. The summed E-state index contributed by atoms with van der Waals surface area (Å²) in [7, 11) is 0. The summed E-state index contributed by atoms with van der Waals surface area (Å²) in [6, 6.07) is 9.81. The summed E-state index contributed by atoms with van der Waals surface area (Å²) in [5, 5.41) is 2.76. The van der Waals surface area contributed by atoms with E-state index in [4.69, 9.17) is 0 Å². The molecule has 84 valence electrons. The van der Waals surface area contributed by atoms with Gasteiger partial charge in [0.25, 0.3) is 5.91 Å². The Hall–Kier alpha value is -1.75. The molecular weight excluding hydrogens is 198 g/mol. The van der Waals surface area contributed by atoms with E-state index in [9.17, 15) is 4.79 Å². The number of hydrogen-bond donors (Lipinski definition) is 1. The van der Waals surface area contributed by atoms with Gasteiger partial charge in [-0.05, 0) is 17.9 Å². The molecule has 0 aliphatic rings. The third-order valence-electron chi connectivity index (χ3n) is 2.15. The molecule has 2 heteroatoms. The molecule has 0 aromatic heterocycles. The van der Waals surface area contributed by atoms with Crippen LogP contribution in [0.3, 0.4) is 0 Å². The molecule has 0 heterocycles. The Morgan fingerprint density at radius 1 is 1.31 bits per heavy atom. The third kappa shape index (κ3) is 5.21. The molecule has 0 aliphatic carbocycles. The molecule has 0 aliphatic heterocycles. The van der Waals surface area contributed by atoms with Gasteiger partial charge in [-0.1, -0.05) is 49.6 Å². The maximum Gasteiger partial charge on any atom is 0.296 e. The minimum atomic E-state index is -0.194. The zero-order valence-electron chi connectivity index (χ0n) is 9.62. The van der Waals surface area contributed by atoms with E-state index in [-0.39, 0.29) is 5.91 Å². The second kappa shape index (κ2) is 7.53. The Labute approximate surface area is 97.1 Å². The smallest absolute Gasteiger partial charge is 0.296 e. The van der Waals surface area contributed by atoms with Gasteiger partial charge in [-0.3, -0.25) is 4.79 Å². The molecule has 0 spiro atoms. The van der Waals surface area contributed by atoms with Crippen LogP contribution in [0.15, 0.2) is 30.3 Å². The largest absolute Gasteiger partial charge is 0.341 e. The molecule has 16 heavy (non-hydrogen) atoms. The number of nitrogens with one attached hydrogen (secondary N) is 1. The van der Waals surface area contributed by atoms with Crippen molar-refractivity contribution < 1.29 is 4.79 Å². The lowest BCUT2D eigenvalue weighted by Gasteiger charge is -2.00. The van der Waals surface area contributed by atoms with Crippen LogP contribution in [0.2, 0.25) is 0 Å². The first-order valence-corrected chi connectivity index (χ1v) is 5.63. The van der Waals surface area contributed by atoms with E-state index < -0.39 is 0 Å². The molecule has 0 atom stereocenters. The Kier molecular flexibility index (Phi) is 5.80. The molecule has 0 saturated carbocycles. The second-order valence-electron chi connectivity index (χ2n) is 3.57. The van der Waals surface area contributed by atoms with Crippen molar-refractivity contribution in [2.24, 2.45) is 0 Å². The summed E-state index contributed by atoms with van der Waals surface area (Å²) < 4.78 is 0. The van der Waals surface area contributed by atoms with Crippen LogP contribution in [0.4, 0.5) is 0 Å². The van der Waals surface area contributed by atoms with Gasteiger partial charge >= 0.3 is 0 Å². The van der Waals surface area contributed by atoms with Crippen molar-refractivity contribution in [1.82, 2.24) is 5.32 Å². The molecular formula is C14H17NO. The van der Waals surface area contributed by atoms with Crippen molar-refractivity contribution in [2.75, 3.05) is 0 Å². The molecule has 0 saturated heterocycles. The van der Waals surface area contributed by atoms with E-state index in [1.54, 1.807) is 0 Å². The molecule has 2 nitrogen and oxygen atoms in total. The maximum absolute atomic E-state index is 11.3. The highest BCUT2D eigenvalue weighted by atomic mass is 16.1. The lowest BCUT2D eigenvalue weighted by Crippen LogP contribution is -2.20. The summed E-state index contributed by atoms with van der Waals surface area (Å²) in [6.45, 7) is 2.65. The van der Waals surface area contributed by atoms with Crippen LogP contribution in [0.1, 0.15) is 31.7 Å². The summed E-state index contributed by atoms with van der Waals surface area (Å²) in [5.74, 6) is 5.25. The first kappa shape index (κ1) is 12.3. The first-order valence-electron chi connectivity index (χ1n) is 5.63. The van der Waals surface area contributed by atoms with Gasteiger partial charge in [-0.2, -0.15) is 0 Å². The number of amides is 1. The molecule has 1 N–H and O–H groups in total. The quantitative estimate of drug-likeness (QED) is 0.607. The highest BCUT2D eigenvalue weighted by molar-refractivity contribution is 5.93. The fourth-order valence-electron chi connectivity index (χ4n) is 1.23. The van der Waals surface area contributed by atoms with Crippen LogP contribution in [0, 0.1) is 11.8 Å². The van der Waals surface area contributed by atoms with Crippen LogP contribution >= 0.6 is 0 Å². The number of benzene rings is 1. The first-order chi connectivity index (χ1) is 7.83. The standard InChI is InChI=1S/C14H17NO/c1-2-3-4-8-11-14(16)15-12-13-9-6-5-7-10-13/h5-7,9-10H,2-4,12H2,1H3,(H,15,16). The van der Waals surface area contributed by atoms with E-state index >= 15 is 0 Å². The summed E-state index contributed by atoms with van der Waals surface area (Å²) in [6.07, 6.45) is 2.97. The SMILES string of the molecule is CCCCC#CC(=O)NCc1ccccc1. The number of hydrogen-bond acceptors (Lipinski definition) is 1. The molecule has 0 radical (unpaired) electrons. The molecule has 1 aromatic rings. The topological polar surface area (TPSA) is 29.1 Å². The predicted molar refractivity (Wildman–Crippen MR) is 65.6 cm³/mol. The van der Waals surface area contributed by atoms with Crippen LogP contribution in [0.25, 0.3) is 0 Å². The van der Waals surface area contributed by atoms with Gasteiger partial charge in [0.2, 0.25) is 0 Å². The monoisotopic (exact) mass is 215 g/mol. The Bertz CT molecular complexity index is 373. The lowest BCUT2D eigenvalue weighted by molar-refractivity contribution is -0.115. The zero-order chi connectivity index (χ0) is 11.6. The van der Waals surface area contributed by atoms with E-state index in [2.05, 4.69) is 24.1 Å². The Morgan fingerprint density at radius 3 is 2.75 bits per heavy atom. The van der Waals surface area contributed by atoms with E-state index in [1.807, 2.05) is 30.3 Å². The van der Waals surface area contributed by atoms with Gasteiger partial charge in [-0.15, -0.1) is 0 Å². The van der Waals surface area contributed by atoms with Crippen LogP contribution < -0.4 is 5.32 Å². The normalized spacial score (nSPS) is 9.06. The number of carbonyl (C=O) groups is 1. The van der Waals surface area contributed by atoms with Gasteiger partial charge in [-0.25, -0.2) is 0 Å². The van der Waals surface area contributed by atoms with Crippen molar-refractivity contribution in [3.8, 4) is 11.8 Å². The highest BCUT2D eigenvalue weighted by Crippen LogP contribution is 1.96. The molecule has 0 fully saturated rings. The number of carbonyl (C=O) groups excluding carboxylic acids is 1. The van der Waals surface area contributed by atoms with Crippen molar-refractivity contribution in [3.05, 3.63) is 35.9 Å². The van der Waals surface area contributed by atoms with E-state index in [0.29, 0.717) is 6.54 Å². The van der Waals surface area contributed by atoms with Crippen molar-refractivity contribution >= 4 is 5.91 Å². The average Bonchev–Trinajstić information content (AvgIpc) is 2.33. The summed E-state index contributed by atoms with van der Waals surface area (Å²) in [5.41, 5.74) is 1.09. The maximum atomic E-state index is 11.3. The predicted octanol–water partition coefficient (Wildman–Crippen LogP) is 2.50. The minimum Gasteiger partial charge on any atom is -0.341 e. The van der Waals surface area contributed by atoms with Gasteiger partial charge in [0, 0.05) is 13.0 Å². The molecule has 1 amide bonds. The van der Waals surface area contributed by atoms with Crippen LogP contribution in [-0.2, 0) is 11.3 Å². The number of unbranched alkanes of at least 4 members (excludes halogenated alkanes) is 2. The third-order valence-corrected chi connectivity index (χ3v) is 2.15. The van der Waals surface area contributed by atoms with Gasteiger partial charge < -0.3 is 5.32 Å². The van der Waals surface area contributed by atoms with Crippen LogP contribution in [0.5, 0.6) is 0 Å². The minimum absolute atomic E-state index is 0.194. The average molecular weight is 215 g/mol. The fraction of sp³-hybridized carbons (Fsp3) is 0.357. The fourth-order valence-corrected chi connectivity index (χ4v) is 1.23. The number of rotatable bonds is 4. The molecule has 1 rings (SSSR count). The van der Waals surface area contributed by atoms with Crippen molar-refractivity contribution in [2.45, 2.75) is 32.7 Å². The van der Waals surface area contributed by atoms with E-state index in [1.165, 1.54) is 0 Å². The van der Waals surface area contributed by atoms with Gasteiger partial charge in [0.1, 0.15) is 0 Å². The van der Waals surface area contributed by atoms with E-state index in [0.717, 1.165) is 24.8 Å². The molecule has 1 aromatic carbocycles. The zero-order valence-corrected chi connectivity index (χ0v) is 9.62. The Balaban J connectivity index is 2.27. The summed E-state index contributed by atoms with van der Waals surface area (Å²) in [4.78, 5) is 11.3. The van der Waals surface area contributed by atoms with Crippen molar-refractivity contribution in [1.29, 1.82) is 0 Å². The second-order valence-corrected chi connectivity index (χ2v) is 3.57.